The quantitative estimate of drug-likeness (QED) is 0.156. The lowest BCUT2D eigenvalue weighted by atomic mass is 9.66. The number of carbonyl (C=O) groups excluding carboxylic acids is 3. The molecular weight excluding hydrogens is 645 g/mol. The number of ketones is 3. The largest absolute Gasteiger partial charge is 0.369 e. The van der Waals surface area contributed by atoms with E-state index in [-0.39, 0.29) is 34.8 Å². The standard InChI is InChI=1S/C43H36O4S2/c44-34-24-47-23-25(28-11-3-5-13-30(28)34)19-27-22-35-40(48-27)37-41(49-35)36-33(43(37)17-9-2-10-18-43)21-26(42(36)15-7-1-8-16-42)20-32-29-12-4-6-14-31(29)38(45)39(32)46/h3-6,11-14,19-22H,1-2,7-10,15-18,23-24H2/b25-19+,32-20-. The summed E-state index contributed by atoms with van der Waals surface area (Å²) in [6.07, 6.45) is 18.6. The van der Waals surface area contributed by atoms with Crippen LogP contribution in [0, 0.1) is 5.41 Å². The summed E-state index contributed by atoms with van der Waals surface area (Å²) in [5.74, 6) is -0.700. The molecule has 49 heavy (non-hydrogen) atoms. The van der Waals surface area contributed by atoms with Crippen molar-refractivity contribution in [2.45, 2.75) is 69.6 Å². The summed E-state index contributed by atoms with van der Waals surface area (Å²) in [5.41, 5.74) is 10.4. The van der Waals surface area contributed by atoms with Crippen LogP contribution in [0.3, 0.4) is 0 Å². The Balaban J connectivity index is 1.13. The van der Waals surface area contributed by atoms with Gasteiger partial charge in [-0.3, -0.25) is 14.4 Å². The molecule has 2 saturated carbocycles. The van der Waals surface area contributed by atoms with Crippen LogP contribution >= 0.6 is 22.7 Å². The first-order valence-corrected chi connectivity index (χ1v) is 19.5. The van der Waals surface area contributed by atoms with Gasteiger partial charge in [0.25, 0.3) is 0 Å². The number of Topliss-reactive ketones (excluding diaryl/α,β-unsaturated/α-hetero) is 3. The summed E-state index contributed by atoms with van der Waals surface area (Å²) >= 11 is 3.87. The lowest BCUT2D eigenvalue weighted by Gasteiger charge is -2.38. The molecule has 0 N–H and O–H groups in total. The van der Waals surface area contributed by atoms with Gasteiger partial charge in [-0.05, 0) is 82.9 Å². The highest BCUT2D eigenvalue weighted by Gasteiger charge is 2.56. The van der Waals surface area contributed by atoms with Gasteiger partial charge in [-0.15, -0.1) is 22.7 Å². The SMILES string of the molecule is O=C1C(=O)c2ccccc2/C1=C/C1=CC2=C(c3sc4cc(/C=C5\COCC(=O)c6ccccc65)sc4c3C23CCCCC3)C12CCCCC2. The zero-order chi connectivity index (χ0) is 32.9. The molecule has 4 aromatic rings. The topological polar surface area (TPSA) is 60.4 Å². The molecule has 2 aromatic carbocycles. The fourth-order valence-corrected chi connectivity index (χ4v) is 13.0. The number of benzene rings is 2. The van der Waals surface area contributed by atoms with Crippen LogP contribution in [0.1, 0.15) is 111 Å². The first-order chi connectivity index (χ1) is 24.0. The Morgan fingerprint density at radius 1 is 0.673 bits per heavy atom. The molecule has 0 radical (unpaired) electrons. The molecule has 2 aromatic heterocycles. The number of hydrogen-bond acceptors (Lipinski definition) is 6. The average molecular weight is 681 g/mol. The normalized spacial score (nSPS) is 23.8. The monoisotopic (exact) mass is 680 g/mol. The number of allylic oxidation sites excluding steroid dienone is 6. The summed E-state index contributed by atoms with van der Waals surface area (Å²) in [4.78, 5) is 41.9. The molecule has 0 bridgehead atoms. The maximum Gasteiger partial charge on any atom is 0.234 e. The minimum Gasteiger partial charge on any atom is -0.369 e. The summed E-state index contributed by atoms with van der Waals surface area (Å²) in [6.45, 7) is 0.544. The van der Waals surface area contributed by atoms with Crippen LogP contribution < -0.4 is 0 Å². The van der Waals surface area contributed by atoms with Crippen molar-refractivity contribution in [3.63, 3.8) is 0 Å². The van der Waals surface area contributed by atoms with Crippen molar-refractivity contribution in [3.8, 4) is 0 Å². The number of thiophene rings is 2. The molecule has 6 aliphatic rings. The van der Waals surface area contributed by atoms with E-state index in [1.807, 2.05) is 65.1 Å². The van der Waals surface area contributed by atoms with Gasteiger partial charge in [-0.2, -0.15) is 0 Å². The molecule has 2 fully saturated rings. The van der Waals surface area contributed by atoms with Gasteiger partial charge in [0.05, 0.1) is 11.3 Å². The maximum atomic E-state index is 13.4. The van der Waals surface area contributed by atoms with Gasteiger partial charge in [0.1, 0.15) is 6.61 Å². The van der Waals surface area contributed by atoms with Crippen LogP contribution in [0.5, 0.6) is 0 Å². The summed E-state index contributed by atoms with van der Waals surface area (Å²) in [5, 5.41) is 0. The molecule has 3 heterocycles. The molecular formula is C43H36O4S2. The van der Waals surface area contributed by atoms with E-state index in [0.29, 0.717) is 17.7 Å². The highest BCUT2D eigenvalue weighted by atomic mass is 32.1. The average Bonchev–Trinajstić information content (AvgIpc) is 3.85. The molecule has 4 nitrogen and oxygen atoms in total. The number of hydrogen-bond donors (Lipinski definition) is 0. The second-order valence-corrected chi connectivity index (χ2v) is 16.9. The summed E-state index contributed by atoms with van der Waals surface area (Å²) < 4.78 is 8.60. The van der Waals surface area contributed by atoms with Crippen molar-refractivity contribution in [3.05, 3.63) is 115 Å². The molecule has 0 unspecified atom stereocenters. The summed E-state index contributed by atoms with van der Waals surface area (Å²) in [7, 11) is 0. The third-order valence-electron chi connectivity index (χ3n) is 12.2. The zero-order valence-corrected chi connectivity index (χ0v) is 29.0. The number of carbonyl (C=O) groups is 3. The van der Waals surface area contributed by atoms with Crippen LogP contribution in [0.4, 0.5) is 0 Å². The highest BCUT2D eigenvalue weighted by molar-refractivity contribution is 7.29. The molecule has 0 amide bonds. The first kappa shape index (κ1) is 29.9. The Kier molecular flexibility index (Phi) is 6.72. The second-order valence-electron chi connectivity index (χ2n) is 14.7. The van der Waals surface area contributed by atoms with Crippen molar-refractivity contribution in [2.24, 2.45) is 5.41 Å². The van der Waals surface area contributed by atoms with Crippen LogP contribution in [-0.4, -0.2) is 30.6 Å². The van der Waals surface area contributed by atoms with E-state index in [1.165, 1.54) is 68.8 Å². The Morgan fingerprint density at radius 3 is 2.10 bits per heavy atom. The van der Waals surface area contributed by atoms with Crippen molar-refractivity contribution < 1.29 is 19.1 Å². The second kappa shape index (κ2) is 11.0. The summed E-state index contributed by atoms with van der Waals surface area (Å²) in [6, 6.07) is 17.8. The molecule has 0 saturated heterocycles. The molecule has 5 aliphatic carbocycles. The van der Waals surface area contributed by atoms with Crippen molar-refractivity contribution in [1.82, 2.24) is 0 Å². The number of fused-ring (bicyclic) bond motifs is 9. The maximum absolute atomic E-state index is 13.4. The minimum atomic E-state index is -0.376. The van der Waals surface area contributed by atoms with Crippen molar-refractivity contribution in [2.75, 3.05) is 13.2 Å². The van der Waals surface area contributed by atoms with E-state index >= 15 is 0 Å². The van der Waals surface area contributed by atoms with Gasteiger partial charge in [0.15, 0.2) is 5.78 Å². The predicted octanol–water partition coefficient (Wildman–Crippen LogP) is 10.4. The van der Waals surface area contributed by atoms with E-state index in [9.17, 15) is 14.4 Å². The van der Waals surface area contributed by atoms with E-state index in [0.717, 1.165) is 47.9 Å². The van der Waals surface area contributed by atoms with Crippen LogP contribution in [-0.2, 0) is 14.9 Å². The van der Waals surface area contributed by atoms with Gasteiger partial charge in [-0.1, -0.05) is 93.1 Å². The van der Waals surface area contributed by atoms with Crippen molar-refractivity contribution >= 4 is 72.2 Å². The van der Waals surface area contributed by atoms with Crippen LogP contribution in [0.25, 0.3) is 32.2 Å². The molecule has 6 heteroatoms. The van der Waals surface area contributed by atoms with Gasteiger partial charge in [-0.25, -0.2) is 0 Å². The van der Waals surface area contributed by atoms with Gasteiger partial charge < -0.3 is 4.74 Å². The molecule has 244 valence electrons. The Hall–Kier alpha value is -3.97. The number of rotatable bonds is 2. The minimum absolute atomic E-state index is 0.0149. The van der Waals surface area contributed by atoms with E-state index in [2.05, 4.69) is 24.3 Å². The molecule has 0 atom stereocenters. The highest BCUT2D eigenvalue weighted by Crippen LogP contribution is 2.70. The Morgan fingerprint density at radius 2 is 1.35 bits per heavy atom. The number of ether oxygens (including phenoxy) is 1. The van der Waals surface area contributed by atoms with Gasteiger partial charge >= 0.3 is 0 Å². The molecule has 1 aliphatic heterocycles. The fourth-order valence-electron chi connectivity index (χ4n) is 10.0. The Labute approximate surface area is 293 Å². The lowest BCUT2D eigenvalue weighted by molar-refractivity contribution is -0.109. The third kappa shape index (κ3) is 4.20. The van der Waals surface area contributed by atoms with E-state index in [1.54, 1.807) is 17.2 Å². The van der Waals surface area contributed by atoms with Crippen LogP contribution in [0.15, 0.2) is 77.9 Å². The third-order valence-corrected chi connectivity index (χ3v) is 14.6. The van der Waals surface area contributed by atoms with E-state index < -0.39 is 0 Å². The zero-order valence-electron chi connectivity index (χ0n) is 27.4. The van der Waals surface area contributed by atoms with Crippen molar-refractivity contribution in [1.29, 1.82) is 0 Å². The Bertz CT molecular complexity index is 2270. The molecule has 2 spiro atoms. The van der Waals surface area contributed by atoms with Gasteiger partial charge in [0, 0.05) is 42.0 Å². The van der Waals surface area contributed by atoms with Crippen LogP contribution in [0.2, 0.25) is 0 Å². The smallest absolute Gasteiger partial charge is 0.234 e. The lowest BCUT2D eigenvalue weighted by Crippen LogP contribution is -2.28. The molecule has 10 rings (SSSR count). The van der Waals surface area contributed by atoms with Gasteiger partial charge in [0.2, 0.25) is 11.6 Å². The first-order valence-electron chi connectivity index (χ1n) is 17.8. The predicted molar refractivity (Wildman–Crippen MR) is 198 cm³/mol. The fraction of sp³-hybridized carbons (Fsp3) is 0.326. The van der Waals surface area contributed by atoms with E-state index in [4.69, 9.17) is 4.74 Å².